The molecule has 4 aromatic rings. The van der Waals surface area contributed by atoms with Gasteiger partial charge in [0.25, 0.3) is 11.5 Å². The maximum atomic E-state index is 13.8. The smallest absolute Gasteiger partial charge is 0.259 e. The van der Waals surface area contributed by atoms with Crippen molar-refractivity contribution in [1.82, 2.24) is 24.6 Å². The van der Waals surface area contributed by atoms with Gasteiger partial charge >= 0.3 is 0 Å². The number of carbonyl (C=O) groups is 1. The summed E-state index contributed by atoms with van der Waals surface area (Å²) in [4.78, 5) is 34.0. The molecule has 1 aliphatic heterocycles. The van der Waals surface area contributed by atoms with E-state index in [0.29, 0.717) is 30.1 Å². The Kier molecular flexibility index (Phi) is 5.44. The molecule has 7 heteroatoms. The van der Waals surface area contributed by atoms with Crippen LogP contribution in [-0.2, 0) is 0 Å². The van der Waals surface area contributed by atoms with Gasteiger partial charge in [-0.25, -0.2) is 0 Å². The predicted octanol–water partition coefficient (Wildman–Crippen LogP) is 4.43. The molecule has 0 bridgehead atoms. The van der Waals surface area contributed by atoms with Gasteiger partial charge in [0.1, 0.15) is 0 Å². The van der Waals surface area contributed by atoms with Gasteiger partial charge in [-0.15, -0.1) is 0 Å². The Bertz CT molecular complexity index is 1470. The molecule has 1 atom stereocenters. The first-order valence-corrected chi connectivity index (χ1v) is 12.6. The van der Waals surface area contributed by atoms with Gasteiger partial charge in [0, 0.05) is 30.6 Å². The van der Waals surface area contributed by atoms with Crippen molar-refractivity contribution in [2.24, 2.45) is 0 Å². The standard InChI is InChI=1S/C28H31N5O2/c1-18-14-24-22(26-23(27(34)30-24)16-29-33(26)20-10-6-7-11-20)15-21(18)28(35)32-13-12-31(2)25(17-32)19-8-4-3-5-9-19/h3-5,8-9,14-16,20,25H,6-7,10-13,17H2,1-2H3,(H,30,34). The molecular formula is C28H31N5O2. The fraction of sp³-hybridized carbons (Fsp3) is 0.393. The van der Waals surface area contributed by atoms with E-state index in [0.717, 1.165) is 41.4 Å². The van der Waals surface area contributed by atoms with Crippen LogP contribution in [0, 0.1) is 6.92 Å². The highest BCUT2D eigenvalue weighted by Crippen LogP contribution is 2.34. The summed E-state index contributed by atoms with van der Waals surface area (Å²) in [6.45, 7) is 4.12. The van der Waals surface area contributed by atoms with Crippen LogP contribution < -0.4 is 5.56 Å². The summed E-state index contributed by atoms with van der Waals surface area (Å²) in [5.74, 6) is 0.0460. The monoisotopic (exact) mass is 469 g/mol. The molecule has 2 aromatic heterocycles. The first-order valence-electron chi connectivity index (χ1n) is 12.6. The van der Waals surface area contributed by atoms with Crippen molar-refractivity contribution in [3.8, 4) is 0 Å². The van der Waals surface area contributed by atoms with Crippen LogP contribution in [0.15, 0.2) is 53.5 Å². The van der Waals surface area contributed by atoms with Crippen LogP contribution in [-0.4, -0.2) is 57.2 Å². The lowest BCUT2D eigenvalue weighted by Gasteiger charge is -2.40. The zero-order valence-corrected chi connectivity index (χ0v) is 20.3. The number of nitrogens with zero attached hydrogens (tertiary/aromatic N) is 4. The van der Waals surface area contributed by atoms with Crippen molar-refractivity contribution < 1.29 is 4.79 Å². The highest BCUT2D eigenvalue weighted by atomic mass is 16.2. The maximum absolute atomic E-state index is 13.8. The van der Waals surface area contributed by atoms with E-state index in [9.17, 15) is 9.59 Å². The number of hydrogen-bond acceptors (Lipinski definition) is 4. The Morgan fingerprint density at radius 2 is 1.83 bits per heavy atom. The highest BCUT2D eigenvalue weighted by molar-refractivity contribution is 6.07. The molecule has 2 aliphatic rings. The van der Waals surface area contributed by atoms with Gasteiger partial charge in [-0.05, 0) is 50.1 Å². The normalized spacial score (nSPS) is 19.7. The number of nitrogens with one attached hydrogen (secondary N) is 1. The molecule has 2 fully saturated rings. The van der Waals surface area contributed by atoms with E-state index < -0.39 is 0 Å². The highest BCUT2D eigenvalue weighted by Gasteiger charge is 2.30. The Morgan fingerprint density at radius 1 is 1.06 bits per heavy atom. The fourth-order valence-electron chi connectivity index (χ4n) is 5.91. The minimum absolute atomic E-state index is 0.0460. The molecule has 7 nitrogen and oxygen atoms in total. The minimum atomic E-state index is -0.125. The molecule has 180 valence electrons. The van der Waals surface area contributed by atoms with Crippen LogP contribution in [0.25, 0.3) is 21.8 Å². The molecule has 1 N–H and O–H groups in total. The molecule has 1 saturated heterocycles. The fourth-order valence-corrected chi connectivity index (χ4v) is 5.91. The molecule has 1 saturated carbocycles. The topological polar surface area (TPSA) is 74.2 Å². The van der Waals surface area contributed by atoms with Gasteiger partial charge in [-0.2, -0.15) is 5.10 Å². The van der Waals surface area contributed by atoms with E-state index in [1.807, 2.05) is 34.7 Å². The molecule has 6 rings (SSSR count). The van der Waals surface area contributed by atoms with Gasteiger partial charge in [-0.1, -0.05) is 43.2 Å². The molecule has 0 radical (unpaired) electrons. The number of piperazine rings is 1. The second kappa shape index (κ2) is 8.64. The van der Waals surface area contributed by atoms with E-state index in [2.05, 4.69) is 46.3 Å². The van der Waals surface area contributed by atoms with Crippen LogP contribution in [0.4, 0.5) is 0 Å². The minimum Gasteiger partial charge on any atom is -0.335 e. The van der Waals surface area contributed by atoms with Crippen molar-refractivity contribution in [2.45, 2.75) is 44.7 Å². The Morgan fingerprint density at radius 3 is 2.60 bits per heavy atom. The number of aromatic nitrogens is 3. The van der Waals surface area contributed by atoms with Crippen LogP contribution >= 0.6 is 0 Å². The summed E-state index contributed by atoms with van der Waals surface area (Å²) >= 11 is 0. The van der Waals surface area contributed by atoms with E-state index >= 15 is 0 Å². The molecule has 35 heavy (non-hydrogen) atoms. The summed E-state index contributed by atoms with van der Waals surface area (Å²) in [7, 11) is 2.12. The molecule has 1 amide bonds. The van der Waals surface area contributed by atoms with Crippen LogP contribution in [0.5, 0.6) is 0 Å². The van der Waals surface area contributed by atoms with E-state index in [-0.39, 0.29) is 17.5 Å². The third-order valence-electron chi connectivity index (χ3n) is 7.93. The van der Waals surface area contributed by atoms with E-state index in [1.54, 1.807) is 6.20 Å². The largest absolute Gasteiger partial charge is 0.335 e. The maximum Gasteiger partial charge on any atom is 0.259 e. The lowest BCUT2D eigenvalue weighted by molar-refractivity contribution is 0.0545. The average molecular weight is 470 g/mol. The first-order chi connectivity index (χ1) is 17.0. The number of likely N-dealkylation sites (N-methyl/N-ethyl adjacent to an activating group) is 1. The number of carbonyl (C=O) groups excluding carboxylic acids is 1. The van der Waals surface area contributed by atoms with Gasteiger partial charge in [-0.3, -0.25) is 19.2 Å². The van der Waals surface area contributed by atoms with Crippen molar-refractivity contribution >= 4 is 27.7 Å². The molecule has 0 spiro atoms. The SMILES string of the molecule is Cc1cc2[nH]c(=O)c3cnn(C4CCCC4)c3c2cc1C(=O)N1CCN(C)C(c2ccccc2)C1. The number of aromatic amines is 1. The number of pyridine rings is 1. The second-order valence-corrected chi connectivity index (χ2v) is 10.1. The van der Waals surface area contributed by atoms with E-state index in [4.69, 9.17) is 0 Å². The average Bonchev–Trinajstić information content (AvgIpc) is 3.55. The van der Waals surface area contributed by atoms with Crippen molar-refractivity contribution in [2.75, 3.05) is 26.7 Å². The van der Waals surface area contributed by atoms with Crippen molar-refractivity contribution in [1.29, 1.82) is 0 Å². The molecule has 1 aliphatic carbocycles. The number of fused-ring (bicyclic) bond motifs is 3. The van der Waals surface area contributed by atoms with Crippen LogP contribution in [0.1, 0.15) is 59.3 Å². The number of benzene rings is 2. The summed E-state index contributed by atoms with van der Waals surface area (Å²) in [6, 6.07) is 14.8. The summed E-state index contributed by atoms with van der Waals surface area (Å²) in [5, 5.41) is 6.11. The Balaban J connectivity index is 1.42. The summed E-state index contributed by atoms with van der Waals surface area (Å²) in [6.07, 6.45) is 6.19. The Hall–Kier alpha value is -3.45. The Labute approximate surface area is 204 Å². The lowest BCUT2D eigenvalue weighted by Crippen LogP contribution is -2.49. The third-order valence-corrected chi connectivity index (χ3v) is 7.93. The molecule has 1 unspecified atom stereocenters. The van der Waals surface area contributed by atoms with Crippen LogP contribution in [0.3, 0.4) is 0 Å². The molecule has 3 heterocycles. The van der Waals surface area contributed by atoms with Crippen LogP contribution in [0.2, 0.25) is 0 Å². The van der Waals surface area contributed by atoms with E-state index in [1.165, 1.54) is 18.4 Å². The number of hydrogen-bond donors (Lipinski definition) is 1. The van der Waals surface area contributed by atoms with Crippen molar-refractivity contribution in [3.63, 3.8) is 0 Å². The second-order valence-electron chi connectivity index (χ2n) is 10.1. The molecular weight excluding hydrogens is 438 g/mol. The third kappa shape index (κ3) is 3.74. The predicted molar refractivity (Wildman–Crippen MR) is 138 cm³/mol. The number of amides is 1. The molecule has 2 aromatic carbocycles. The number of aryl methyl sites for hydroxylation is 1. The zero-order valence-electron chi connectivity index (χ0n) is 20.3. The number of H-pyrrole nitrogens is 1. The van der Waals surface area contributed by atoms with Gasteiger partial charge in [0.15, 0.2) is 0 Å². The van der Waals surface area contributed by atoms with Gasteiger partial charge < -0.3 is 9.88 Å². The zero-order chi connectivity index (χ0) is 24.1. The quantitative estimate of drug-likeness (QED) is 0.482. The number of rotatable bonds is 3. The van der Waals surface area contributed by atoms with Crippen molar-refractivity contribution in [3.05, 3.63) is 75.7 Å². The van der Waals surface area contributed by atoms with Gasteiger partial charge in [0.05, 0.1) is 34.7 Å². The summed E-state index contributed by atoms with van der Waals surface area (Å²) < 4.78 is 2.03. The van der Waals surface area contributed by atoms with Gasteiger partial charge in [0.2, 0.25) is 0 Å². The lowest BCUT2D eigenvalue weighted by atomic mass is 9.99. The first kappa shape index (κ1) is 22.0. The summed E-state index contributed by atoms with van der Waals surface area (Å²) in [5.41, 5.74) is 4.28.